The normalized spacial score (nSPS) is 12.5. The van der Waals surface area contributed by atoms with Crippen molar-refractivity contribution in [3.8, 4) is 11.5 Å². The molecule has 1 unspecified atom stereocenters. The molecular weight excluding hydrogens is 367 g/mol. The lowest BCUT2D eigenvalue weighted by atomic mass is 10.1. The third kappa shape index (κ3) is 4.09. The van der Waals surface area contributed by atoms with E-state index in [9.17, 15) is 22.9 Å². The van der Waals surface area contributed by atoms with Crippen molar-refractivity contribution >= 4 is 15.7 Å². The van der Waals surface area contributed by atoms with E-state index in [-0.39, 0.29) is 16.4 Å². The van der Waals surface area contributed by atoms with Crippen molar-refractivity contribution in [3.63, 3.8) is 0 Å². The van der Waals surface area contributed by atoms with Crippen LogP contribution in [-0.2, 0) is 10.0 Å². The van der Waals surface area contributed by atoms with Gasteiger partial charge in [0.25, 0.3) is 0 Å². The minimum absolute atomic E-state index is 0.0367. The van der Waals surface area contributed by atoms with Gasteiger partial charge < -0.3 is 9.47 Å². The molecule has 2 aromatic carbocycles. The van der Waals surface area contributed by atoms with E-state index >= 15 is 0 Å². The quantitative estimate of drug-likeness (QED) is 0.581. The van der Waals surface area contributed by atoms with Crippen LogP contribution in [0.5, 0.6) is 11.5 Å². The highest BCUT2D eigenvalue weighted by Crippen LogP contribution is 2.30. The predicted molar refractivity (Wildman–Crippen MR) is 91.3 cm³/mol. The van der Waals surface area contributed by atoms with Gasteiger partial charge in [0.15, 0.2) is 17.3 Å². The second kappa shape index (κ2) is 7.67. The Morgan fingerprint density at radius 1 is 1.12 bits per heavy atom. The van der Waals surface area contributed by atoms with Gasteiger partial charge in [0, 0.05) is 12.1 Å². The summed E-state index contributed by atoms with van der Waals surface area (Å²) in [5, 5.41) is 11.1. The zero-order valence-corrected chi connectivity index (χ0v) is 15.0. The van der Waals surface area contributed by atoms with Gasteiger partial charge in [0.2, 0.25) is 10.0 Å². The summed E-state index contributed by atoms with van der Waals surface area (Å²) in [6.45, 7) is 1.52. The zero-order valence-electron chi connectivity index (χ0n) is 14.2. The third-order valence-corrected chi connectivity index (χ3v) is 5.20. The number of methoxy groups -OCH3 is 2. The molecule has 0 radical (unpaired) electrons. The number of benzene rings is 2. The van der Waals surface area contributed by atoms with Gasteiger partial charge in [0.05, 0.1) is 24.0 Å². The standard InChI is InChI=1S/C16H17FN2O6S/c1-10(11-4-6-15(24-2)13(17)8-11)18-26(22,23)12-5-7-16(25-3)14(9-12)19(20)21/h4-10,18H,1-3H3. The molecule has 0 saturated heterocycles. The Labute approximate surface area is 149 Å². The number of nitro benzene ring substituents is 1. The fraction of sp³-hybridized carbons (Fsp3) is 0.250. The van der Waals surface area contributed by atoms with Crippen LogP contribution in [0.1, 0.15) is 18.5 Å². The van der Waals surface area contributed by atoms with Crippen LogP contribution in [0, 0.1) is 15.9 Å². The topological polar surface area (TPSA) is 108 Å². The van der Waals surface area contributed by atoms with Crippen LogP contribution in [0.3, 0.4) is 0 Å². The fourth-order valence-electron chi connectivity index (χ4n) is 2.30. The molecule has 2 aromatic rings. The van der Waals surface area contributed by atoms with E-state index in [0.29, 0.717) is 5.56 Å². The average Bonchev–Trinajstić information content (AvgIpc) is 2.60. The molecule has 1 atom stereocenters. The molecule has 2 rings (SSSR count). The fourth-order valence-corrected chi connectivity index (χ4v) is 3.55. The molecule has 0 fully saturated rings. The van der Waals surface area contributed by atoms with E-state index in [4.69, 9.17) is 9.47 Å². The van der Waals surface area contributed by atoms with Crippen molar-refractivity contribution in [1.29, 1.82) is 0 Å². The van der Waals surface area contributed by atoms with Gasteiger partial charge in [-0.25, -0.2) is 17.5 Å². The summed E-state index contributed by atoms with van der Waals surface area (Å²) in [7, 11) is -1.52. The number of sulfonamides is 1. The Balaban J connectivity index is 2.32. The summed E-state index contributed by atoms with van der Waals surface area (Å²) < 4.78 is 50.8. The summed E-state index contributed by atoms with van der Waals surface area (Å²) in [4.78, 5) is 10.0. The van der Waals surface area contributed by atoms with E-state index in [2.05, 4.69) is 4.72 Å². The third-order valence-electron chi connectivity index (χ3n) is 3.67. The van der Waals surface area contributed by atoms with E-state index in [1.807, 2.05) is 0 Å². The summed E-state index contributed by atoms with van der Waals surface area (Å²) >= 11 is 0. The van der Waals surface area contributed by atoms with Crippen molar-refractivity contribution in [1.82, 2.24) is 4.72 Å². The van der Waals surface area contributed by atoms with Crippen molar-refractivity contribution in [2.75, 3.05) is 14.2 Å². The smallest absolute Gasteiger partial charge is 0.312 e. The van der Waals surface area contributed by atoms with Crippen molar-refractivity contribution < 1.29 is 27.2 Å². The molecule has 0 aromatic heterocycles. The van der Waals surface area contributed by atoms with Crippen LogP contribution in [0.25, 0.3) is 0 Å². The van der Waals surface area contributed by atoms with Gasteiger partial charge >= 0.3 is 5.69 Å². The number of nitrogens with one attached hydrogen (secondary N) is 1. The lowest BCUT2D eigenvalue weighted by molar-refractivity contribution is -0.386. The van der Waals surface area contributed by atoms with E-state index in [1.165, 1.54) is 45.4 Å². The Hall–Kier alpha value is -2.72. The summed E-state index contributed by atoms with van der Waals surface area (Å²) in [6.07, 6.45) is 0. The highest BCUT2D eigenvalue weighted by Gasteiger charge is 2.24. The molecule has 0 aliphatic heterocycles. The minimum Gasteiger partial charge on any atom is -0.494 e. The molecule has 0 aliphatic carbocycles. The van der Waals surface area contributed by atoms with Gasteiger partial charge in [-0.05, 0) is 36.8 Å². The summed E-state index contributed by atoms with van der Waals surface area (Å²) in [5.74, 6) is -0.648. The number of hydrogen-bond acceptors (Lipinski definition) is 6. The molecule has 10 heteroatoms. The molecule has 0 spiro atoms. The van der Waals surface area contributed by atoms with Crippen molar-refractivity contribution in [3.05, 3.63) is 57.9 Å². The zero-order chi connectivity index (χ0) is 19.5. The molecule has 1 N–H and O–H groups in total. The second-order valence-electron chi connectivity index (χ2n) is 5.33. The summed E-state index contributed by atoms with van der Waals surface area (Å²) in [5.41, 5.74) is -0.103. The van der Waals surface area contributed by atoms with Crippen molar-refractivity contribution in [2.45, 2.75) is 17.9 Å². The predicted octanol–water partition coefficient (Wildman–Crippen LogP) is 2.79. The Bertz CT molecular complexity index is 932. The lowest BCUT2D eigenvalue weighted by Gasteiger charge is -2.15. The maximum atomic E-state index is 13.8. The Morgan fingerprint density at radius 2 is 1.73 bits per heavy atom. The lowest BCUT2D eigenvalue weighted by Crippen LogP contribution is -2.27. The maximum absolute atomic E-state index is 13.8. The van der Waals surface area contributed by atoms with Gasteiger partial charge in [-0.15, -0.1) is 0 Å². The SMILES string of the molecule is COc1ccc(C(C)NS(=O)(=O)c2ccc(OC)c([N+](=O)[O-])c2)cc1F. The number of rotatable bonds is 7. The highest BCUT2D eigenvalue weighted by atomic mass is 32.2. The van der Waals surface area contributed by atoms with E-state index < -0.39 is 32.5 Å². The molecule has 0 heterocycles. The Morgan fingerprint density at radius 3 is 2.27 bits per heavy atom. The number of ether oxygens (including phenoxy) is 2. The first kappa shape index (κ1) is 19.6. The van der Waals surface area contributed by atoms with Gasteiger partial charge in [-0.1, -0.05) is 6.07 Å². The molecule has 0 aliphatic rings. The van der Waals surface area contributed by atoms with Crippen molar-refractivity contribution in [2.24, 2.45) is 0 Å². The first-order chi connectivity index (χ1) is 12.2. The molecule has 0 bridgehead atoms. The van der Waals surface area contributed by atoms with E-state index in [0.717, 1.165) is 12.1 Å². The molecule has 0 saturated carbocycles. The van der Waals surface area contributed by atoms with Crippen LogP contribution >= 0.6 is 0 Å². The molecule has 140 valence electrons. The Kier molecular flexibility index (Phi) is 5.78. The molecule has 8 nitrogen and oxygen atoms in total. The van der Waals surface area contributed by atoms with Gasteiger partial charge in [-0.3, -0.25) is 10.1 Å². The van der Waals surface area contributed by atoms with Crippen LogP contribution in [0.15, 0.2) is 41.3 Å². The summed E-state index contributed by atoms with van der Waals surface area (Å²) in [6, 6.07) is 6.58. The molecule has 0 amide bonds. The van der Waals surface area contributed by atoms with Crippen LogP contribution in [0.4, 0.5) is 10.1 Å². The van der Waals surface area contributed by atoms with Crippen LogP contribution in [-0.4, -0.2) is 27.6 Å². The maximum Gasteiger partial charge on any atom is 0.312 e. The minimum atomic E-state index is -4.08. The number of nitro groups is 1. The number of hydrogen-bond donors (Lipinski definition) is 1. The van der Waals surface area contributed by atoms with Gasteiger partial charge in [0.1, 0.15) is 0 Å². The average molecular weight is 384 g/mol. The largest absolute Gasteiger partial charge is 0.494 e. The molecular formula is C16H17FN2O6S. The van der Waals surface area contributed by atoms with Crippen LogP contribution < -0.4 is 14.2 Å². The van der Waals surface area contributed by atoms with E-state index in [1.54, 1.807) is 0 Å². The highest BCUT2D eigenvalue weighted by molar-refractivity contribution is 7.89. The first-order valence-corrected chi connectivity index (χ1v) is 8.86. The monoisotopic (exact) mass is 384 g/mol. The first-order valence-electron chi connectivity index (χ1n) is 7.37. The second-order valence-corrected chi connectivity index (χ2v) is 7.04. The number of halogens is 1. The number of nitrogens with zero attached hydrogens (tertiary/aromatic N) is 1. The van der Waals surface area contributed by atoms with Gasteiger partial charge in [-0.2, -0.15) is 0 Å². The molecule has 26 heavy (non-hydrogen) atoms. The van der Waals surface area contributed by atoms with Crippen LogP contribution in [0.2, 0.25) is 0 Å².